The van der Waals surface area contributed by atoms with Crippen LogP contribution in [0.5, 0.6) is 0 Å². The molecule has 0 aliphatic heterocycles. The van der Waals surface area contributed by atoms with Gasteiger partial charge in [-0.3, -0.25) is 0 Å². The second-order valence-electron chi connectivity index (χ2n) is 3.17. The number of rotatable bonds is 7. The molecule has 4 heteroatoms. The molecule has 3 nitrogen and oxygen atoms in total. The Morgan fingerprint density at radius 1 is 1.25 bits per heavy atom. The van der Waals surface area contributed by atoms with Crippen LogP contribution < -0.4 is 0 Å². The highest BCUT2D eigenvalue weighted by atomic mass is 28.2. The van der Waals surface area contributed by atoms with Crippen molar-refractivity contribution in [3.63, 3.8) is 0 Å². The zero-order chi connectivity index (χ0) is 9.40. The van der Waals surface area contributed by atoms with Crippen molar-refractivity contribution in [2.45, 2.75) is 44.1 Å². The molecular formula is C8H20O3Si. The van der Waals surface area contributed by atoms with Crippen molar-refractivity contribution in [3.8, 4) is 0 Å². The van der Waals surface area contributed by atoms with Gasteiger partial charge >= 0.3 is 0 Å². The summed E-state index contributed by atoms with van der Waals surface area (Å²) >= 11 is 0. The van der Waals surface area contributed by atoms with E-state index < -0.39 is 21.4 Å². The molecule has 0 heterocycles. The lowest BCUT2D eigenvalue weighted by Gasteiger charge is -2.14. The molecule has 0 spiro atoms. The van der Waals surface area contributed by atoms with E-state index in [-0.39, 0.29) is 6.61 Å². The number of aliphatic hydroxyl groups excluding tert-OH is 3. The minimum atomic E-state index is -0.904. The molecule has 0 aromatic heterocycles. The van der Waals surface area contributed by atoms with Gasteiger partial charge in [-0.15, -0.1) is 0 Å². The van der Waals surface area contributed by atoms with Crippen LogP contribution >= 0.6 is 0 Å². The second kappa shape index (κ2) is 7.73. The highest BCUT2D eigenvalue weighted by Crippen LogP contribution is 2.01. The topological polar surface area (TPSA) is 60.7 Å². The Balaban J connectivity index is 3.24. The van der Waals surface area contributed by atoms with Gasteiger partial charge in [0.15, 0.2) is 0 Å². The number of unbranched alkanes of at least 4 members (excludes halogenated alkanes) is 2. The molecule has 3 N–H and O–H groups in total. The van der Waals surface area contributed by atoms with Gasteiger partial charge in [0.1, 0.15) is 0 Å². The van der Waals surface area contributed by atoms with Gasteiger partial charge in [-0.05, 0) is 0 Å². The van der Waals surface area contributed by atoms with Crippen LogP contribution in [0.3, 0.4) is 0 Å². The fourth-order valence-electron chi connectivity index (χ4n) is 1.09. The lowest BCUT2D eigenvalue weighted by molar-refractivity contribution is 0.0229. The molecule has 0 aliphatic rings. The minimum Gasteiger partial charge on any atom is -0.394 e. The molecule has 0 saturated carbocycles. The standard InChI is InChI=1S/C8H20O3Si/c1-2-3-4-5-12-8(11)7(10)6-9/h7-11H,2-6,12H2,1H3. The fourth-order valence-corrected chi connectivity index (χ4v) is 2.69. The highest BCUT2D eigenvalue weighted by Gasteiger charge is 2.14. The summed E-state index contributed by atoms with van der Waals surface area (Å²) in [5.41, 5.74) is -0.619. The first-order valence-electron chi connectivity index (χ1n) is 4.69. The quantitative estimate of drug-likeness (QED) is 0.374. The van der Waals surface area contributed by atoms with Crippen LogP contribution in [0.4, 0.5) is 0 Å². The molecule has 74 valence electrons. The van der Waals surface area contributed by atoms with Crippen LogP contribution in [-0.4, -0.2) is 43.3 Å². The molecule has 0 aromatic carbocycles. The first-order chi connectivity index (χ1) is 5.72. The second-order valence-corrected chi connectivity index (χ2v) is 5.29. The van der Waals surface area contributed by atoms with Gasteiger partial charge in [0.2, 0.25) is 0 Å². The summed E-state index contributed by atoms with van der Waals surface area (Å²) in [7, 11) is -0.598. The molecule has 0 radical (unpaired) electrons. The summed E-state index contributed by atoms with van der Waals surface area (Å²) in [6.07, 6.45) is 2.64. The smallest absolute Gasteiger partial charge is 0.0992 e. The van der Waals surface area contributed by atoms with E-state index in [4.69, 9.17) is 10.2 Å². The van der Waals surface area contributed by atoms with Gasteiger partial charge in [0.05, 0.1) is 28.0 Å². The monoisotopic (exact) mass is 192 g/mol. The van der Waals surface area contributed by atoms with Crippen LogP contribution in [0.2, 0.25) is 6.04 Å². The van der Waals surface area contributed by atoms with Crippen molar-refractivity contribution in [2.75, 3.05) is 6.61 Å². The van der Waals surface area contributed by atoms with Crippen LogP contribution in [0, 0.1) is 0 Å². The van der Waals surface area contributed by atoms with E-state index in [9.17, 15) is 5.11 Å². The van der Waals surface area contributed by atoms with Crippen molar-refractivity contribution in [1.82, 2.24) is 0 Å². The first kappa shape index (κ1) is 12.1. The lowest BCUT2D eigenvalue weighted by atomic mass is 10.3. The lowest BCUT2D eigenvalue weighted by Crippen LogP contribution is -2.34. The first-order valence-corrected chi connectivity index (χ1v) is 6.51. The Morgan fingerprint density at radius 2 is 1.92 bits per heavy atom. The third-order valence-electron chi connectivity index (χ3n) is 1.98. The van der Waals surface area contributed by atoms with Gasteiger partial charge in [-0.1, -0.05) is 32.2 Å². The molecule has 0 saturated heterocycles. The Morgan fingerprint density at radius 3 is 2.42 bits per heavy atom. The maximum absolute atomic E-state index is 9.27. The Bertz CT molecular complexity index is 100. The molecule has 0 bridgehead atoms. The van der Waals surface area contributed by atoms with E-state index in [1.54, 1.807) is 0 Å². The average molecular weight is 192 g/mol. The molecule has 2 unspecified atom stereocenters. The summed E-state index contributed by atoms with van der Waals surface area (Å²) in [5.74, 6) is 0. The van der Waals surface area contributed by atoms with Gasteiger partial charge in [0.25, 0.3) is 0 Å². The molecule has 0 fully saturated rings. The third-order valence-corrected chi connectivity index (χ3v) is 4.03. The van der Waals surface area contributed by atoms with Crippen molar-refractivity contribution < 1.29 is 15.3 Å². The molecule has 0 amide bonds. The Labute approximate surface area is 76.3 Å². The molecule has 0 aromatic rings. The fraction of sp³-hybridized carbons (Fsp3) is 1.00. The highest BCUT2D eigenvalue weighted by molar-refractivity contribution is 6.37. The minimum absolute atomic E-state index is 0.318. The summed E-state index contributed by atoms with van der Waals surface area (Å²) in [4.78, 5) is 0. The molecular weight excluding hydrogens is 172 g/mol. The summed E-state index contributed by atoms with van der Waals surface area (Å²) in [6.45, 7) is 1.82. The predicted molar refractivity (Wildman–Crippen MR) is 52.0 cm³/mol. The maximum Gasteiger partial charge on any atom is 0.0992 e. The van der Waals surface area contributed by atoms with E-state index in [0.29, 0.717) is 0 Å². The summed E-state index contributed by atoms with van der Waals surface area (Å²) in [6, 6.07) is 1.06. The third kappa shape index (κ3) is 5.71. The number of aliphatic hydroxyl groups is 3. The zero-order valence-electron chi connectivity index (χ0n) is 7.74. The van der Waals surface area contributed by atoms with E-state index in [2.05, 4.69) is 6.92 Å². The van der Waals surface area contributed by atoms with Crippen molar-refractivity contribution in [3.05, 3.63) is 0 Å². The van der Waals surface area contributed by atoms with Crippen LogP contribution in [0.15, 0.2) is 0 Å². The van der Waals surface area contributed by atoms with Gasteiger partial charge in [-0.2, -0.15) is 0 Å². The van der Waals surface area contributed by atoms with E-state index in [0.717, 1.165) is 12.5 Å². The van der Waals surface area contributed by atoms with Gasteiger partial charge < -0.3 is 15.3 Å². The van der Waals surface area contributed by atoms with E-state index in [1.807, 2.05) is 0 Å². The predicted octanol–water partition coefficient (Wildman–Crippen LogP) is -0.565. The SMILES string of the molecule is CCCCC[SiH2]C(O)C(O)CO. The molecule has 12 heavy (non-hydrogen) atoms. The molecule has 0 aliphatic carbocycles. The van der Waals surface area contributed by atoms with Crippen LogP contribution in [-0.2, 0) is 0 Å². The maximum atomic E-state index is 9.27. The number of hydrogen-bond acceptors (Lipinski definition) is 3. The summed E-state index contributed by atoms with van der Waals surface area (Å²) in [5, 5.41) is 26.8. The van der Waals surface area contributed by atoms with Crippen molar-refractivity contribution in [2.24, 2.45) is 0 Å². The normalized spacial score (nSPS) is 17.0. The van der Waals surface area contributed by atoms with E-state index in [1.165, 1.54) is 12.8 Å². The summed E-state index contributed by atoms with van der Waals surface area (Å²) < 4.78 is 0. The average Bonchev–Trinajstić information content (AvgIpc) is 2.10. The largest absolute Gasteiger partial charge is 0.394 e. The Kier molecular flexibility index (Phi) is 7.79. The zero-order valence-corrected chi connectivity index (χ0v) is 9.15. The van der Waals surface area contributed by atoms with Crippen molar-refractivity contribution in [1.29, 1.82) is 0 Å². The van der Waals surface area contributed by atoms with Crippen LogP contribution in [0.25, 0.3) is 0 Å². The molecule has 2 atom stereocenters. The van der Waals surface area contributed by atoms with Crippen LogP contribution in [0.1, 0.15) is 26.2 Å². The Hall–Kier alpha value is 0.0969. The molecule has 0 rings (SSSR count). The van der Waals surface area contributed by atoms with Gasteiger partial charge in [-0.25, -0.2) is 0 Å². The van der Waals surface area contributed by atoms with Crippen molar-refractivity contribution >= 4 is 9.52 Å². The number of hydrogen-bond donors (Lipinski definition) is 3. The van der Waals surface area contributed by atoms with E-state index >= 15 is 0 Å². The van der Waals surface area contributed by atoms with Gasteiger partial charge in [0, 0.05) is 0 Å².